The molecule has 1 N–H and O–H groups in total. The molecule has 0 aliphatic carbocycles. The summed E-state index contributed by atoms with van der Waals surface area (Å²) in [5.74, 6) is -3.05. The molecule has 5 heteroatoms. The molecule has 3 nitrogen and oxygen atoms in total. The summed E-state index contributed by atoms with van der Waals surface area (Å²) in [5.41, 5.74) is 0.819. The number of allylic oxidation sites excluding steroid dienone is 2. The molecule has 0 heterocycles. The van der Waals surface area contributed by atoms with Crippen LogP contribution >= 0.6 is 0 Å². The second kappa shape index (κ2) is 7.51. The molecule has 0 aliphatic rings. The Morgan fingerprint density at radius 3 is 2.46 bits per heavy atom. The van der Waals surface area contributed by atoms with Crippen molar-refractivity contribution < 1.29 is 18.7 Å². The van der Waals surface area contributed by atoms with E-state index in [2.05, 4.69) is 0 Å². The van der Waals surface area contributed by atoms with Gasteiger partial charge in [0, 0.05) is 0 Å². The molecule has 0 fully saturated rings. The van der Waals surface area contributed by atoms with E-state index in [-0.39, 0.29) is 11.1 Å². The zero-order valence-electron chi connectivity index (χ0n) is 13.0. The van der Waals surface area contributed by atoms with Crippen molar-refractivity contribution in [3.63, 3.8) is 0 Å². The minimum Gasteiger partial charge on any atom is -0.478 e. The summed E-state index contributed by atoms with van der Waals surface area (Å²) in [6, 6.07) is 8.10. The third kappa shape index (κ3) is 3.66. The summed E-state index contributed by atoms with van der Waals surface area (Å²) in [5, 5.41) is 17.9. The van der Waals surface area contributed by atoms with Crippen LogP contribution in [-0.4, -0.2) is 11.1 Å². The minimum atomic E-state index is -1.12. The van der Waals surface area contributed by atoms with Crippen molar-refractivity contribution in [3.8, 4) is 17.2 Å². The molecular weight excluding hydrogens is 312 g/mol. The van der Waals surface area contributed by atoms with Crippen LogP contribution in [-0.2, 0) is 6.42 Å². The Hall–Kier alpha value is -3.00. The number of carboxylic acids is 1. The molecule has 0 radical (unpaired) electrons. The summed E-state index contributed by atoms with van der Waals surface area (Å²) in [4.78, 5) is 11.2. The molecule has 2 aromatic rings. The largest absolute Gasteiger partial charge is 0.478 e. The number of hydrogen-bond donors (Lipinski definition) is 1. The number of nitriles is 1. The molecule has 0 saturated heterocycles. The molecule has 2 aromatic carbocycles. The van der Waals surface area contributed by atoms with Crippen LogP contribution in [0.5, 0.6) is 0 Å². The third-order valence-corrected chi connectivity index (χ3v) is 3.64. The Kier molecular flexibility index (Phi) is 5.43. The molecule has 122 valence electrons. The number of hydrogen-bond acceptors (Lipinski definition) is 2. The van der Waals surface area contributed by atoms with Crippen molar-refractivity contribution in [3.05, 3.63) is 70.8 Å². The molecule has 0 aromatic heterocycles. The zero-order chi connectivity index (χ0) is 17.7. The van der Waals surface area contributed by atoms with Gasteiger partial charge < -0.3 is 5.11 Å². The monoisotopic (exact) mass is 327 g/mol. The van der Waals surface area contributed by atoms with Crippen LogP contribution in [0, 0.1) is 23.0 Å². The normalized spacial score (nSPS) is 10.8. The number of aryl methyl sites for hydroxylation is 1. The van der Waals surface area contributed by atoms with Crippen molar-refractivity contribution >= 4 is 5.97 Å². The van der Waals surface area contributed by atoms with Gasteiger partial charge in [-0.05, 0) is 60.7 Å². The van der Waals surface area contributed by atoms with E-state index in [1.807, 2.05) is 19.1 Å². The highest BCUT2D eigenvalue weighted by atomic mass is 19.1. The summed E-state index contributed by atoms with van der Waals surface area (Å²) in [6.07, 6.45) is 5.17. The van der Waals surface area contributed by atoms with Gasteiger partial charge >= 0.3 is 5.97 Å². The summed E-state index contributed by atoms with van der Waals surface area (Å²) >= 11 is 0. The average Bonchev–Trinajstić information content (AvgIpc) is 2.54. The molecular formula is C19H15F2NO2. The van der Waals surface area contributed by atoms with Crippen molar-refractivity contribution in [2.24, 2.45) is 0 Å². The second-order valence-corrected chi connectivity index (χ2v) is 5.21. The van der Waals surface area contributed by atoms with Gasteiger partial charge in [0.15, 0.2) is 0 Å². The van der Waals surface area contributed by atoms with Gasteiger partial charge in [0.1, 0.15) is 23.3 Å². The SMILES string of the molecule is C/C=C/CCc1ccc(C(=O)O)cc1-c1cc(F)c(C#N)c(F)c1. The van der Waals surface area contributed by atoms with E-state index >= 15 is 0 Å². The summed E-state index contributed by atoms with van der Waals surface area (Å²) in [6.45, 7) is 1.89. The molecule has 2 rings (SSSR count). The van der Waals surface area contributed by atoms with Crippen molar-refractivity contribution in [1.29, 1.82) is 5.26 Å². The second-order valence-electron chi connectivity index (χ2n) is 5.21. The Bertz CT molecular complexity index is 828. The van der Waals surface area contributed by atoms with Crippen LogP contribution in [0.1, 0.15) is 34.8 Å². The Morgan fingerprint density at radius 2 is 1.92 bits per heavy atom. The van der Waals surface area contributed by atoms with Gasteiger partial charge in [-0.3, -0.25) is 0 Å². The van der Waals surface area contributed by atoms with Crippen molar-refractivity contribution in [2.45, 2.75) is 19.8 Å². The fourth-order valence-corrected chi connectivity index (χ4v) is 2.44. The van der Waals surface area contributed by atoms with Gasteiger partial charge in [0.05, 0.1) is 5.56 Å². The van der Waals surface area contributed by atoms with Gasteiger partial charge in [-0.2, -0.15) is 5.26 Å². The Balaban J connectivity index is 2.59. The summed E-state index contributed by atoms with van der Waals surface area (Å²) < 4.78 is 27.8. The molecule has 0 bridgehead atoms. The number of halogens is 2. The first kappa shape index (κ1) is 17.4. The number of carboxylic acid groups (broad SMARTS) is 1. The van der Waals surface area contributed by atoms with E-state index < -0.39 is 23.2 Å². The van der Waals surface area contributed by atoms with Crippen LogP contribution in [0.4, 0.5) is 8.78 Å². The molecule has 24 heavy (non-hydrogen) atoms. The maximum absolute atomic E-state index is 13.9. The van der Waals surface area contributed by atoms with Crippen LogP contribution in [0.15, 0.2) is 42.5 Å². The van der Waals surface area contributed by atoms with Gasteiger partial charge in [-0.1, -0.05) is 18.2 Å². The van der Waals surface area contributed by atoms with Crippen LogP contribution < -0.4 is 0 Å². The first-order valence-electron chi connectivity index (χ1n) is 7.34. The smallest absolute Gasteiger partial charge is 0.335 e. The summed E-state index contributed by atoms with van der Waals surface area (Å²) in [7, 11) is 0. The lowest BCUT2D eigenvalue weighted by molar-refractivity contribution is 0.0697. The number of rotatable bonds is 5. The van der Waals surface area contributed by atoms with Crippen molar-refractivity contribution in [2.75, 3.05) is 0 Å². The van der Waals surface area contributed by atoms with E-state index in [0.29, 0.717) is 12.0 Å². The molecule has 0 saturated carbocycles. The van der Waals surface area contributed by atoms with Gasteiger partial charge in [-0.25, -0.2) is 13.6 Å². The Labute approximate surface area is 138 Å². The molecule has 0 aliphatic heterocycles. The Morgan fingerprint density at radius 1 is 1.25 bits per heavy atom. The first-order valence-corrected chi connectivity index (χ1v) is 7.34. The number of carbonyl (C=O) groups is 1. The number of benzene rings is 2. The minimum absolute atomic E-state index is 0.0324. The van der Waals surface area contributed by atoms with Crippen LogP contribution in [0.25, 0.3) is 11.1 Å². The quantitative estimate of drug-likeness (QED) is 0.809. The highest BCUT2D eigenvalue weighted by Gasteiger charge is 2.15. The van der Waals surface area contributed by atoms with Crippen molar-refractivity contribution in [1.82, 2.24) is 0 Å². The maximum Gasteiger partial charge on any atom is 0.335 e. The van der Waals surface area contributed by atoms with Gasteiger partial charge in [0.2, 0.25) is 0 Å². The lowest BCUT2D eigenvalue weighted by atomic mass is 9.93. The molecule has 0 atom stereocenters. The number of nitrogens with zero attached hydrogens (tertiary/aromatic N) is 1. The lowest BCUT2D eigenvalue weighted by Gasteiger charge is -2.11. The van der Waals surface area contributed by atoms with Gasteiger partial charge in [-0.15, -0.1) is 0 Å². The maximum atomic E-state index is 13.9. The van der Waals surface area contributed by atoms with E-state index in [1.165, 1.54) is 18.2 Å². The van der Waals surface area contributed by atoms with E-state index in [9.17, 15) is 13.6 Å². The van der Waals surface area contributed by atoms with E-state index in [1.54, 1.807) is 6.07 Å². The highest BCUT2D eigenvalue weighted by molar-refractivity contribution is 5.90. The fraction of sp³-hybridized carbons (Fsp3) is 0.158. The topological polar surface area (TPSA) is 61.1 Å². The van der Waals surface area contributed by atoms with Crippen LogP contribution in [0.3, 0.4) is 0 Å². The molecule has 0 unspecified atom stereocenters. The lowest BCUT2D eigenvalue weighted by Crippen LogP contribution is -2.00. The predicted molar refractivity (Wildman–Crippen MR) is 86.6 cm³/mol. The van der Waals surface area contributed by atoms with Gasteiger partial charge in [0.25, 0.3) is 0 Å². The average molecular weight is 327 g/mol. The van der Waals surface area contributed by atoms with E-state index in [4.69, 9.17) is 10.4 Å². The predicted octanol–water partition coefficient (Wildman–Crippen LogP) is 4.71. The fourth-order valence-electron chi connectivity index (χ4n) is 2.44. The molecule has 0 amide bonds. The number of aromatic carboxylic acids is 1. The highest BCUT2D eigenvalue weighted by Crippen LogP contribution is 2.29. The third-order valence-electron chi connectivity index (χ3n) is 3.64. The zero-order valence-corrected chi connectivity index (χ0v) is 13.0. The first-order chi connectivity index (χ1) is 11.5. The van der Waals surface area contributed by atoms with E-state index in [0.717, 1.165) is 24.1 Å². The van der Waals surface area contributed by atoms with Crippen LogP contribution in [0.2, 0.25) is 0 Å². The molecule has 0 spiro atoms. The standard InChI is InChI=1S/C19H15F2NO2/c1-2-3-4-5-12-6-7-13(19(23)24)8-15(12)14-9-17(20)16(11-22)18(21)10-14/h2-3,6-10H,4-5H2,1H3,(H,23,24)/b3-2+.